The van der Waals surface area contributed by atoms with Gasteiger partial charge in [0.25, 0.3) is 10.0 Å². The predicted molar refractivity (Wildman–Crippen MR) is 104 cm³/mol. The second-order valence-corrected chi connectivity index (χ2v) is 7.82. The first-order valence-electron chi connectivity index (χ1n) is 7.68. The minimum atomic E-state index is -3.84. The van der Waals surface area contributed by atoms with Crippen LogP contribution in [0.1, 0.15) is 4.88 Å². The first-order chi connectivity index (χ1) is 13.0. The number of sulfonamides is 1. The summed E-state index contributed by atoms with van der Waals surface area (Å²) >= 11 is 1.57. The second-order valence-electron chi connectivity index (χ2n) is 5.16. The van der Waals surface area contributed by atoms with E-state index in [-0.39, 0.29) is 22.6 Å². The van der Waals surface area contributed by atoms with Crippen molar-refractivity contribution in [2.45, 2.75) is 4.90 Å². The Hall–Kier alpha value is -2.98. The van der Waals surface area contributed by atoms with E-state index in [0.29, 0.717) is 5.69 Å². The highest BCUT2D eigenvalue weighted by Gasteiger charge is 2.16. The maximum absolute atomic E-state index is 12.6. The number of nitrogens with one attached hydrogen (secondary N) is 1. The van der Waals surface area contributed by atoms with E-state index in [2.05, 4.69) is 19.7 Å². The lowest BCUT2D eigenvalue weighted by Crippen LogP contribution is -2.14. The maximum Gasteiger partial charge on any atom is 0.321 e. The summed E-state index contributed by atoms with van der Waals surface area (Å²) in [6.07, 6.45) is 1.73. The Morgan fingerprint density at radius 2 is 1.89 bits per heavy atom. The van der Waals surface area contributed by atoms with E-state index in [1.54, 1.807) is 29.7 Å². The number of hydrogen-bond donors (Lipinski definition) is 1. The first kappa shape index (κ1) is 18.8. The zero-order chi connectivity index (χ0) is 19.3. The van der Waals surface area contributed by atoms with Crippen molar-refractivity contribution >= 4 is 39.1 Å². The van der Waals surface area contributed by atoms with E-state index in [4.69, 9.17) is 9.47 Å². The number of aromatic nitrogens is 2. The van der Waals surface area contributed by atoms with Crippen LogP contribution in [-0.4, -0.2) is 38.8 Å². The smallest absolute Gasteiger partial charge is 0.321 e. The largest absolute Gasteiger partial charge is 0.481 e. The van der Waals surface area contributed by atoms with Gasteiger partial charge in [0, 0.05) is 17.2 Å². The number of nitrogens with zero attached hydrogens (tertiary/aromatic N) is 3. The molecule has 0 fully saturated rings. The molecule has 140 valence electrons. The monoisotopic (exact) mass is 404 g/mol. The van der Waals surface area contributed by atoms with Gasteiger partial charge >= 0.3 is 6.01 Å². The Bertz CT molecular complexity index is 1010. The number of anilines is 1. The molecular formula is C17H16N4O4S2. The number of hydrogen-bond acceptors (Lipinski definition) is 8. The van der Waals surface area contributed by atoms with E-state index in [9.17, 15) is 8.42 Å². The molecule has 3 rings (SSSR count). The molecule has 0 amide bonds. The summed E-state index contributed by atoms with van der Waals surface area (Å²) in [7, 11) is -1.05. The molecule has 0 aliphatic rings. The Morgan fingerprint density at radius 1 is 1.11 bits per heavy atom. The summed E-state index contributed by atoms with van der Waals surface area (Å²) in [5.74, 6) is 0.219. The SMILES string of the molecule is COc1cc(NS(=O)(=O)c2ccc(N=Cc3cccs3)cc2)nc(OC)n1. The van der Waals surface area contributed by atoms with E-state index in [0.717, 1.165) is 4.88 Å². The fraction of sp³-hybridized carbons (Fsp3) is 0.118. The number of benzene rings is 1. The van der Waals surface area contributed by atoms with E-state index in [1.165, 1.54) is 32.4 Å². The van der Waals surface area contributed by atoms with Crippen molar-refractivity contribution in [3.05, 3.63) is 52.7 Å². The van der Waals surface area contributed by atoms with Gasteiger partial charge < -0.3 is 9.47 Å². The summed E-state index contributed by atoms with van der Waals surface area (Å²) < 4.78 is 37.5. The molecule has 3 aromatic rings. The van der Waals surface area contributed by atoms with Gasteiger partial charge in [0.15, 0.2) is 5.82 Å². The van der Waals surface area contributed by atoms with Crippen LogP contribution < -0.4 is 14.2 Å². The third kappa shape index (κ3) is 4.80. The molecule has 0 saturated heterocycles. The molecule has 1 N–H and O–H groups in total. The van der Waals surface area contributed by atoms with Crippen molar-refractivity contribution < 1.29 is 17.9 Å². The summed E-state index contributed by atoms with van der Waals surface area (Å²) in [4.78, 5) is 13.3. The summed E-state index contributed by atoms with van der Waals surface area (Å²) in [6.45, 7) is 0. The Balaban J connectivity index is 1.79. The highest BCUT2D eigenvalue weighted by Crippen LogP contribution is 2.22. The van der Waals surface area contributed by atoms with Crippen molar-refractivity contribution in [1.29, 1.82) is 0 Å². The van der Waals surface area contributed by atoms with Crippen LogP contribution in [0.15, 0.2) is 57.7 Å². The van der Waals surface area contributed by atoms with Crippen LogP contribution in [0.4, 0.5) is 11.5 Å². The van der Waals surface area contributed by atoms with Gasteiger partial charge in [-0.1, -0.05) is 6.07 Å². The fourth-order valence-electron chi connectivity index (χ4n) is 2.06. The quantitative estimate of drug-likeness (QED) is 0.607. The zero-order valence-corrected chi connectivity index (χ0v) is 16.1. The predicted octanol–water partition coefficient (Wildman–Crippen LogP) is 3.11. The molecule has 0 aliphatic carbocycles. The minimum absolute atomic E-state index is 0.00897. The van der Waals surface area contributed by atoms with Crippen molar-refractivity contribution in [3.8, 4) is 11.9 Å². The molecule has 2 heterocycles. The standard InChI is InChI=1S/C17H16N4O4S2/c1-24-16-10-15(19-17(20-16)25-2)21-27(22,23)14-7-5-12(6-8-14)18-11-13-4-3-9-26-13/h3-11H,1-2H3,(H,19,20,21). The van der Waals surface area contributed by atoms with E-state index in [1.807, 2.05) is 17.5 Å². The average molecular weight is 404 g/mol. The van der Waals surface area contributed by atoms with Gasteiger partial charge in [0.2, 0.25) is 5.88 Å². The highest BCUT2D eigenvalue weighted by molar-refractivity contribution is 7.92. The van der Waals surface area contributed by atoms with Gasteiger partial charge in [-0.15, -0.1) is 11.3 Å². The van der Waals surface area contributed by atoms with Gasteiger partial charge in [-0.05, 0) is 35.7 Å². The second kappa shape index (κ2) is 8.14. The van der Waals surface area contributed by atoms with Crippen LogP contribution in [0, 0.1) is 0 Å². The molecule has 10 heteroatoms. The Kier molecular flexibility index (Phi) is 5.67. The number of ether oxygens (including phenoxy) is 2. The molecule has 0 radical (unpaired) electrons. The average Bonchev–Trinajstić information content (AvgIpc) is 3.19. The molecule has 0 aliphatic heterocycles. The van der Waals surface area contributed by atoms with Gasteiger partial charge in [0.05, 0.1) is 24.8 Å². The molecule has 2 aromatic heterocycles. The third-order valence-corrected chi connectivity index (χ3v) is 5.52. The first-order valence-corrected chi connectivity index (χ1v) is 10.0. The van der Waals surface area contributed by atoms with E-state index >= 15 is 0 Å². The molecule has 0 spiro atoms. The normalized spacial score (nSPS) is 11.5. The van der Waals surface area contributed by atoms with Crippen LogP contribution in [0.5, 0.6) is 11.9 Å². The number of rotatable bonds is 7. The number of methoxy groups -OCH3 is 2. The zero-order valence-electron chi connectivity index (χ0n) is 14.5. The highest BCUT2D eigenvalue weighted by atomic mass is 32.2. The van der Waals surface area contributed by atoms with Crippen LogP contribution in [0.2, 0.25) is 0 Å². The maximum atomic E-state index is 12.6. The Labute approximate surface area is 160 Å². The van der Waals surface area contributed by atoms with Crippen molar-refractivity contribution in [3.63, 3.8) is 0 Å². The summed E-state index contributed by atoms with van der Waals surface area (Å²) in [5, 5.41) is 1.96. The summed E-state index contributed by atoms with van der Waals surface area (Å²) in [5.41, 5.74) is 0.646. The molecule has 1 aromatic carbocycles. The third-order valence-electron chi connectivity index (χ3n) is 3.34. The molecule has 27 heavy (non-hydrogen) atoms. The molecular weight excluding hydrogens is 388 g/mol. The summed E-state index contributed by atoms with van der Waals surface area (Å²) in [6, 6.07) is 11.4. The molecule has 0 unspecified atom stereocenters. The lowest BCUT2D eigenvalue weighted by molar-refractivity contribution is 0.353. The lowest BCUT2D eigenvalue weighted by Gasteiger charge is -2.09. The van der Waals surface area contributed by atoms with Gasteiger partial charge in [-0.3, -0.25) is 9.71 Å². The molecule has 0 bridgehead atoms. The topological polar surface area (TPSA) is 103 Å². The van der Waals surface area contributed by atoms with Crippen molar-refractivity contribution in [2.24, 2.45) is 4.99 Å². The minimum Gasteiger partial charge on any atom is -0.481 e. The molecule has 0 saturated carbocycles. The number of thiophene rings is 1. The Morgan fingerprint density at radius 3 is 2.52 bits per heavy atom. The van der Waals surface area contributed by atoms with Crippen LogP contribution in [0.25, 0.3) is 0 Å². The van der Waals surface area contributed by atoms with Gasteiger partial charge in [-0.2, -0.15) is 9.97 Å². The number of aliphatic imine (C=N–C) groups is 1. The fourth-order valence-corrected chi connectivity index (χ4v) is 3.64. The van der Waals surface area contributed by atoms with Crippen LogP contribution in [0.3, 0.4) is 0 Å². The molecule has 8 nitrogen and oxygen atoms in total. The van der Waals surface area contributed by atoms with Gasteiger partial charge in [0.1, 0.15) is 0 Å². The van der Waals surface area contributed by atoms with Crippen molar-refractivity contribution in [1.82, 2.24) is 9.97 Å². The van der Waals surface area contributed by atoms with Gasteiger partial charge in [-0.25, -0.2) is 8.42 Å². The van der Waals surface area contributed by atoms with Crippen molar-refractivity contribution in [2.75, 3.05) is 18.9 Å². The van der Waals surface area contributed by atoms with Crippen LogP contribution >= 0.6 is 11.3 Å². The van der Waals surface area contributed by atoms with Crippen LogP contribution in [-0.2, 0) is 10.0 Å². The molecule has 0 atom stereocenters. The van der Waals surface area contributed by atoms with E-state index < -0.39 is 10.0 Å². The lowest BCUT2D eigenvalue weighted by atomic mass is 10.3.